The molecule has 118 valence electrons. The van der Waals surface area contributed by atoms with Crippen LogP contribution in [0.3, 0.4) is 0 Å². The normalized spacial score (nSPS) is 13.5. The van der Waals surface area contributed by atoms with Gasteiger partial charge in [-0.05, 0) is 49.2 Å². The summed E-state index contributed by atoms with van der Waals surface area (Å²) in [6.07, 6.45) is 1.99. The Morgan fingerprint density at radius 3 is 2.39 bits per heavy atom. The number of carbonyl (C=O) groups excluding carboxylic acids is 2. The lowest BCUT2D eigenvalue weighted by atomic mass is 10.1. The van der Waals surface area contributed by atoms with Crippen LogP contribution < -0.4 is 10.6 Å². The Morgan fingerprint density at radius 1 is 1.04 bits per heavy atom. The number of carbonyl (C=O) groups is 2. The van der Waals surface area contributed by atoms with E-state index in [1.54, 1.807) is 18.2 Å². The highest BCUT2D eigenvalue weighted by atomic mass is 35.5. The maximum absolute atomic E-state index is 13.1. The van der Waals surface area contributed by atoms with Gasteiger partial charge in [-0.3, -0.25) is 9.59 Å². The number of nitrogens with one attached hydrogen (secondary N) is 2. The highest BCUT2D eigenvalue weighted by molar-refractivity contribution is 6.31. The van der Waals surface area contributed by atoms with Crippen molar-refractivity contribution in [1.29, 1.82) is 0 Å². The van der Waals surface area contributed by atoms with Crippen molar-refractivity contribution in [1.82, 2.24) is 5.32 Å². The molecule has 2 N–H and O–H groups in total. The predicted molar refractivity (Wildman–Crippen MR) is 86.3 cm³/mol. The Labute approximate surface area is 137 Å². The van der Waals surface area contributed by atoms with Crippen LogP contribution in [-0.2, 0) is 0 Å². The van der Waals surface area contributed by atoms with E-state index in [4.69, 9.17) is 11.6 Å². The van der Waals surface area contributed by atoms with Gasteiger partial charge in [0, 0.05) is 22.9 Å². The first kappa shape index (κ1) is 15.5. The first-order valence-corrected chi connectivity index (χ1v) is 7.58. The molecule has 0 unspecified atom stereocenters. The quantitative estimate of drug-likeness (QED) is 0.898. The van der Waals surface area contributed by atoms with Gasteiger partial charge < -0.3 is 10.6 Å². The van der Waals surface area contributed by atoms with Crippen molar-refractivity contribution in [2.45, 2.75) is 18.9 Å². The van der Waals surface area contributed by atoms with Gasteiger partial charge in [-0.2, -0.15) is 0 Å². The van der Waals surface area contributed by atoms with Crippen LogP contribution in [-0.4, -0.2) is 17.9 Å². The van der Waals surface area contributed by atoms with Crippen molar-refractivity contribution in [2.24, 2.45) is 0 Å². The third kappa shape index (κ3) is 3.87. The number of anilines is 1. The molecule has 0 bridgehead atoms. The van der Waals surface area contributed by atoms with Crippen molar-refractivity contribution in [3.8, 4) is 0 Å². The Kier molecular flexibility index (Phi) is 4.30. The van der Waals surface area contributed by atoms with Crippen molar-refractivity contribution < 1.29 is 14.0 Å². The molecule has 4 nitrogen and oxygen atoms in total. The molecule has 6 heteroatoms. The predicted octanol–water partition coefficient (Wildman–Crippen LogP) is 3.62. The van der Waals surface area contributed by atoms with Crippen molar-refractivity contribution >= 4 is 29.1 Å². The molecule has 0 aromatic heterocycles. The largest absolute Gasteiger partial charge is 0.349 e. The molecule has 1 saturated carbocycles. The van der Waals surface area contributed by atoms with Gasteiger partial charge in [0.2, 0.25) is 0 Å². The molecule has 0 aliphatic heterocycles. The number of hydrogen-bond donors (Lipinski definition) is 2. The molecule has 1 aliphatic carbocycles. The number of hydrogen-bond acceptors (Lipinski definition) is 2. The van der Waals surface area contributed by atoms with Crippen LogP contribution in [0.15, 0.2) is 42.5 Å². The van der Waals surface area contributed by atoms with E-state index in [0.717, 1.165) is 12.8 Å². The van der Waals surface area contributed by atoms with Gasteiger partial charge in [0.25, 0.3) is 11.8 Å². The fourth-order valence-corrected chi connectivity index (χ4v) is 2.26. The van der Waals surface area contributed by atoms with Crippen molar-refractivity contribution in [3.63, 3.8) is 0 Å². The van der Waals surface area contributed by atoms with E-state index in [1.165, 1.54) is 24.3 Å². The van der Waals surface area contributed by atoms with Gasteiger partial charge in [0.1, 0.15) is 5.82 Å². The van der Waals surface area contributed by atoms with Crippen LogP contribution in [0.2, 0.25) is 5.02 Å². The van der Waals surface area contributed by atoms with Crippen LogP contribution in [0.5, 0.6) is 0 Å². The Hall–Kier alpha value is -2.40. The zero-order valence-corrected chi connectivity index (χ0v) is 12.9. The maximum atomic E-state index is 13.1. The van der Waals surface area contributed by atoms with E-state index in [1.807, 2.05) is 0 Å². The van der Waals surface area contributed by atoms with E-state index >= 15 is 0 Å². The number of halogens is 2. The summed E-state index contributed by atoms with van der Waals surface area (Å²) >= 11 is 5.69. The van der Waals surface area contributed by atoms with Crippen LogP contribution in [0.4, 0.5) is 10.1 Å². The lowest BCUT2D eigenvalue weighted by Gasteiger charge is -2.08. The number of amides is 2. The smallest absolute Gasteiger partial charge is 0.255 e. The molecule has 3 rings (SSSR count). The summed E-state index contributed by atoms with van der Waals surface area (Å²) in [5.74, 6) is -1.14. The molecule has 1 aliphatic rings. The van der Waals surface area contributed by atoms with E-state index in [0.29, 0.717) is 16.8 Å². The summed E-state index contributed by atoms with van der Waals surface area (Å²) in [5.41, 5.74) is 1.16. The summed E-state index contributed by atoms with van der Waals surface area (Å²) < 4.78 is 13.1. The average molecular weight is 333 g/mol. The van der Waals surface area contributed by atoms with Gasteiger partial charge in [-0.15, -0.1) is 0 Å². The molecule has 23 heavy (non-hydrogen) atoms. The second-order valence-electron chi connectivity index (χ2n) is 5.41. The average Bonchev–Trinajstić information content (AvgIpc) is 3.35. The van der Waals surface area contributed by atoms with Crippen LogP contribution in [0.1, 0.15) is 33.6 Å². The second kappa shape index (κ2) is 6.38. The van der Waals surface area contributed by atoms with E-state index in [9.17, 15) is 14.0 Å². The molecule has 2 amide bonds. The van der Waals surface area contributed by atoms with Gasteiger partial charge in [0.05, 0.1) is 5.02 Å². The summed E-state index contributed by atoms with van der Waals surface area (Å²) in [4.78, 5) is 24.2. The molecular formula is C17H14ClFN2O2. The lowest BCUT2D eigenvalue weighted by Crippen LogP contribution is -2.25. The molecule has 1 fully saturated rings. The van der Waals surface area contributed by atoms with Crippen molar-refractivity contribution in [2.75, 3.05) is 5.32 Å². The second-order valence-corrected chi connectivity index (χ2v) is 5.82. The summed E-state index contributed by atoms with van der Waals surface area (Å²) in [7, 11) is 0. The fourth-order valence-electron chi connectivity index (χ4n) is 2.08. The lowest BCUT2D eigenvalue weighted by molar-refractivity contribution is 0.0951. The standard InChI is InChI=1S/C17H14ClFN2O2/c18-14-9-13(6-7-15(14)19)21-17(23)11-3-1-2-10(8-11)16(22)20-12-4-5-12/h1-3,6-9,12H,4-5H2,(H,20,22)(H,21,23). The molecule has 2 aromatic rings. The molecule has 0 heterocycles. The third-order valence-corrected chi connectivity index (χ3v) is 3.77. The first-order valence-electron chi connectivity index (χ1n) is 7.20. The topological polar surface area (TPSA) is 58.2 Å². The minimum absolute atomic E-state index is 0.0691. The summed E-state index contributed by atoms with van der Waals surface area (Å²) in [5, 5.41) is 5.42. The maximum Gasteiger partial charge on any atom is 0.255 e. The fraction of sp³-hybridized carbons (Fsp3) is 0.176. The minimum atomic E-state index is -0.552. The van der Waals surface area contributed by atoms with Crippen molar-refractivity contribution in [3.05, 3.63) is 64.4 Å². The summed E-state index contributed by atoms with van der Waals surface area (Å²) in [6.45, 7) is 0. The first-order chi connectivity index (χ1) is 11.0. The number of benzene rings is 2. The van der Waals surface area contributed by atoms with Crippen LogP contribution in [0.25, 0.3) is 0 Å². The molecule has 0 saturated heterocycles. The Balaban J connectivity index is 1.73. The SMILES string of the molecule is O=C(Nc1ccc(F)c(Cl)c1)c1cccc(C(=O)NC2CC2)c1. The zero-order chi connectivity index (χ0) is 16.4. The van der Waals surface area contributed by atoms with Gasteiger partial charge >= 0.3 is 0 Å². The minimum Gasteiger partial charge on any atom is -0.349 e. The third-order valence-electron chi connectivity index (χ3n) is 3.48. The highest BCUT2D eigenvalue weighted by Crippen LogP contribution is 2.21. The molecule has 0 radical (unpaired) electrons. The van der Waals surface area contributed by atoms with Crippen LogP contribution >= 0.6 is 11.6 Å². The Morgan fingerprint density at radius 2 is 1.74 bits per heavy atom. The molecule has 0 spiro atoms. The van der Waals surface area contributed by atoms with E-state index in [2.05, 4.69) is 10.6 Å². The van der Waals surface area contributed by atoms with Crippen LogP contribution in [0, 0.1) is 5.82 Å². The highest BCUT2D eigenvalue weighted by Gasteiger charge is 2.24. The monoisotopic (exact) mass is 332 g/mol. The van der Waals surface area contributed by atoms with E-state index in [-0.39, 0.29) is 17.0 Å². The molecule has 2 aromatic carbocycles. The molecular weight excluding hydrogens is 319 g/mol. The molecule has 0 atom stereocenters. The number of rotatable bonds is 4. The zero-order valence-electron chi connectivity index (χ0n) is 12.1. The summed E-state index contributed by atoms with van der Waals surface area (Å²) in [6, 6.07) is 10.6. The van der Waals surface area contributed by atoms with E-state index < -0.39 is 11.7 Å². The van der Waals surface area contributed by atoms with Gasteiger partial charge in [-0.1, -0.05) is 17.7 Å². The van der Waals surface area contributed by atoms with Gasteiger partial charge in [-0.25, -0.2) is 4.39 Å². The van der Waals surface area contributed by atoms with Gasteiger partial charge in [0.15, 0.2) is 0 Å². The Bertz CT molecular complexity index is 775.